The van der Waals surface area contributed by atoms with E-state index in [1.165, 1.54) is 0 Å². The van der Waals surface area contributed by atoms with Crippen LogP contribution in [0.1, 0.15) is 27.7 Å². The minimum atomic E-state index is -2.50. The van der Waals surface area contributed by atoms with Gasteiger partial charge in [0.05, 0.1) is 0 Å². The van der Waals surface area contributed by atoms with Gasteiger partial charge in [0, 0.05) is 0 Å². The molecular weight excluding hydrogens is 232 g/mol. The Bertz CT molecular complexity index is 342. The summed E-state index contributed by atoms with van der Waals surface area (Å²) in [6.45, 7) is 3.53. The molecule has 17 heavy (non-hydrogen) atoms. The van der Waals surface area contributed by atoms with Crippen molar-refractivity contribution in [3.8, 4) is 0 Å². The highest BCUT2D eigenvalue weighted by Crippen LogP contribution is 2.13. The molecule has 0 aromatic heterocycles. The zero-order valence-corrected chi connectivity index (χ0v) is 9.94. The number of rotatable bonds is 4. The summed E-state index contributed by atoms with van der Waals surface area (Å²) < 4.78 is 4.08. The predicted octanol–water partition coefficient (Wildman–Crippen LogP) is -1.26. The normalized spacial score (nSPS) is 17.5. The molecule has 0 aliphatic heterocycles. The van der Waals surface area contributed by atoms with Crippen molar-refractivity contribution in [3.63, 3.8) is 0 Å². The lowest BCUT2D eigenvalue weighted by atomic mass is 10.0. The molecule has 0 bridgehead atoms. The first-order valence-corrected chi connectivity index (χ1v) is 4.67. The van der Waals surface area contributed by atoms with Gasteiger partial charge in [-0.25, -0.2) is 9.59 Å². The number of ether oxygens (including phenoxy) is 1. The Morgan fingerprint density at radius 2 is 1.06 bits per heavy atom. The Balaban J connectivity index is 4.90. The van der Waals surface area contributed by atoms with Gasteiger partial charge in [-0.05, 0) is 27.7 Å². The molecule has 0 aromatic carbocycles. The first-order chi connectivity index (χ1) is 7.44. The summed E-state index contributed by atoms with van der Waals surface area (Å²) in [6.07, 6.45) is 0. The summed E-state index contributed by atoms with van der Waals surface area (Å²) in [5.74, 6) is -4.96. The van der Waals surface area contributed by atoms with Gasteiger partial charge in [-0.15, -0.1) is 0 Å². The van der Waals surface area contributed by atoms with Crippen molar-refractivity contribution >= 4 is 23.5 Å². The van der Waals surface area contributed by atoms with E-state index in [2.05, 4.69) is 4.74 Å². The maximum Gasteiger partial charge on any atom is 0.353 e. The molecule has 2 unspecified atom stereocenters. The fraction of sp³-hybridized carbons (Fsp3) is 0.600. The van der Waals surface area contributed by atoms with Gasteiger partial charge < -0.3 is 14.9 Å². The van der Waals surface area contributed by atoms with Crippen molar-refractivity contribution in [2.75, 3.05) is 0 Å². The number of Topliss-reactive ketones (excluding diaryl/α,β-unsaturated/α-hetero) is 2. The quantitative estimate of drug-likeness (QED) is 0.469. The summed E-state index contributed by atoms with van der Waals surface area (Å²) in [5.41, 5.74) is -4.99. The number of hydrogen-bond donors (Lipinski definition) is 2. The van der Waals surface area contributed by atoms with Crippen molar-refractivity contribution in [2.24, 2.45) is 0 Å². The SMILES string of the molecule is CC(=O)C(C)(O)C(=O)OC(=O)C(C)(O)C(C)=O. The number of esters is 2. The molecule has 0 saturated carbocycles. The number of aliphatic hydroxyl groups is 2. The molecule has 0 saturated heterocycles. The van der Waals surface area contributed by atoms with E-state index < -0.39 is 34.7 Å². The Morgan fingerprint density at radius 3 is 1.24 bits per heavy atom. The molecule has 0 aliphatic carbocycles. The third-order valence-corrected chi connectivity index (χ3v) is 2.35. The second kappa shape index (κ2) is 4.72. The first kappa shape index (κ1) is 15.4. The standard InChI is InChI=1S/C10H14O7/c1-5(11)9(3,15)7(13)17-8(14)10(4,16)6(2)12/h15-16H,1-4H3. The van der Waals surface area contributed by atoms with Crippen molar-refractivity contribution in [1.29, 1.82) is 0 Å². The highest BCUT2D eigenvalue weighted by Gasteiger charge is 2.44. The average molecular weight is 246 g/mol. The lowest BCUT2D eigenvalue weighted by molar-refractivity contribution is -0.184. The maximum absolute atomic E-state index is 11.2. The van der Waals surface area contributed by atoms with Crippen LogP contribution in [0.15, 0.2) is 0 Å². The zero-order valence-electron chi connectivity index (χ0n) is 9.94. The fourth-order valence-electron chi connectivity index (χ4n) is 0.570. The van der Waals surface area contributed by atoms with Gasteiger partial charge in [0.25, 0.3) is 0 Å². The molecule has 7 nitrogen and oxygen atoms in total. The zero-order chi connectivity index (χ0) is 14.0. The van der Waals surface area contributed by atoms with E-state index in [-0.39, 0.29) is 0 Å². The lowest BCUT2D eigenvalue weighted by Crippen LogP contribution is -2.50. The Labute approximate surface area is 97.4 Å². The Kier molecular flexibility index (Phi) is 4.28. The third-order valence-electron chi connectivity index (χ3n) is 2.35. The minimum Gasteiger partial charge on any atom is -0.388 e. The molecule has 2 atom stereocenters. The largest absolute Gasteiger partial charge is 0.388 e. The molecule has 0 rings (SSSR count). The second-order valence-corrected chi connectivity index (χ2v) is 3.93. The summed E-state index contributed by atoms with van der Waals surface area (Å²) in [7, 11) is 0. The van der Waals surface area contributed by atoms with E-state index in [1.54, 1.807) is 0 Å². The van der Waals surface area contributed by atoms with Crippen LogP contribution in [0.5, 0.6) is 0 Å². The first-order valence-electron chi connectivity index (χ1n) is 4.67. The molecule has 7 heteroatoms. The van der Waals surface area contributed by atoms with Gasteiger partial charge in [0.2, 0.25) is 11.2 Å². The van der Waals surface area contributed by atoms with Crippen LogP contribution in [0.25, 0.3) is 0 Å². The monoisotopic (exact) mass is 246 g/mol. The summed E-state index contributed by atoms with van der Waals surface area (Å²) in [5, 5.41) is 18.7. The molecule has 0 heterocycles. The van der Waals surface area contributed by atoms with Gasteiger partial charge in [-0.2, -0.15) is 0 Å². The number of carbonyl (C=O) groups excluding carboxylic acids is 4. The summed E-state index contributed by atoms with van der Waals surface area (Å²) in [6, 6.07) is 0. The highest BCUT2D eigenvalue weighted by molar-refractivity contribution is 6.12. The van der Waals surface area contributed by atoms with Gasteiger partial charge in [-0.3, -0.25) is 9.59 Å². The average Bonchev–Trinajstić information content (AvgIpc) is 2.16. The topological polar surface area (TPSA) is 118 Å². The molecule has 0 fully saturated rings. The molecular formula is C10H14O7. The van der Waals surface area contributed by atoms with Crippen LogP contribution in [0, 0.1) is 0 Å². The van der Waals surface area contributed by atoms with Gasteiger partial charge >= 0.3 is 11.9 Å². The molecule has 0 aliphatic rings. The smallest absolute Gasteiger partial charge is 0.353 e. The Hall–Kier alpha value is -1.60. The van der Waals surface area contributed by atoms with Gasteiger partial charge in [-0.1, -0.05) is 0 Å². The molecule has 2 N–H and O–H groups in total. The molecule has 96 valence electrons. The van der Waals surface area contributed by atoms with Crippen LogP contribution in [0.2, 0.25) is 0 Å². The fourth-order valence-corrected chi connectivity index (χ4v) is 0.570. The van der Waals surface area contributed by atoms with Crippen LogP contribution in [0.3, 0.4) is 0 Å². The van der Waals surface area contributed by atoms with E-state index >= 15 is 0 Å². The highest BCUT2D eigenvalue weighted by atomic mass is 16.6. The molecule has 0 spiro atoms. The lowest BCUT2D eigenvalue weighted by Gasteiger charge is -2.21. The molecule has 0 amide bonds. The van der Waals surface area contributed by atoms with E-state index in [1.807, 2.05) is 0 Å². The number of ketones is 2. The predicted molar refractivity (Wildman–Crippen MR) is 53.7 cm³/mol. The van der Waals surface area contributed by atoms with Crippen LogP contribution >= 0.6 is 0 Å². The third kappa shape index (κ3) is 3.18. The van der Waals surface area contributed by atoms with E-state index in [4.69, 9.17) is 0 Å². The van der Waals surface area contributed by atoms with E-state index in [0.717, 1.165) is 27.7 Å². The van der Waals surface area contributed by atoms with Crippen molar-refractivity contribution in [3.05, 3.63) is 0 Å². The molecule has 0 radical (unpaired) electrons. The van der Waals surface area contributed by atoms with Crippen molar-refractivity contribution in [2.45, 2.75) is 38.9 Å². The minimum absolute atomic E-state index is 0.841. The van der Waals surface area contributed by atoms with Crippen LogP contribution in [-0.4, -0.2) is 44.9 Å². The second-order valence-electron chi connectivity index (χ2n) is 3.93. The van der Waals surface area contributed by atoms with Crippen LogP contribution in [-0.2, 0) is 23.9 Å². The van der Waals surface area contributed by atoms with Crippen molar-refractivity contribution < 1.29 is 34.1 Å². The number of carbonyl (C=O) groups is 4. The van der Waals surface area contributed by atoms with E-state index in [9.17, 15) is 29.4 Å². The van der Waals surface area contributed by atoms with Gasteiger partial charge in [0.1, 0.15) is 0 Å². The maximum atomic E-state index is 11.2. The van der Waals surface area contributed by atoms with Crippen LogP contribution in [0.4, 0.5) is 0 Å². The molecule has 0 aromatic rings. The Morgan fingerprint density at radius 1 is 0.824 bits per heavy atom. The van der Waals surface area contributed by atoms with Crippen LogP contribution < -0.4 is 0 Å². The van der Waals surface area contributed by atoms with Gasteiger partial charge in [0.15, 0.2) is 11.6 Å². The summed E-state index contributed by atoms with van der Waals surface area (Å²) in [4.78, 5) is 44.3. The number of hydrogen-bond acceptors (Lipinski definition) is 7. The van der Waals surface area contributed by atoms with Crippen molar-refractivity contribution in [1.82, 2.24) is 0 Å². The van der Waals surface area contributed by atoms with E-state index in [0.29, 0.717) is 0 Å². The summed E-state index contributed by atoms with van der Waals surface area (Å²) >= 11 is 0.